The topological polar surface area (TPSA) is 60.2 Å². The summed E-state index contributed by atoms with van der Waals surface area (Å²) in [6.07, 6.45) is 0. The van der Waals surface area contributed by atoms with E-state index in [0.717, 1.165) is 24.0 Å². The summed E-state index contributed by atoms with van der Waals surface area (Å²) in [5, 5.41) is 14.6. The third-order valence-corrected chi connectivity index (χ3v) is 4.62. The summed E-state index contributed by atoms with van der Waals surface area (Å²) in [5.74, 6) is 0.996. The third kappa shape index (κ3) is 4.40. The van der Waals surface area contributed by atoms with Gasteiger partial charge in [0.25, 0.3) is 0 Å². The van der Waals surface area contributed by atoms with Gasteiger partial charge in [0.1, 0.15) is 6.54 Å². The van der Waals surface area contributed by atoms with Crippen LogP contribution in [0.15, 0.2) is 59.8 Å². The summed E-state index contributed by atoms with van der Waals surface area (Å²) < 4.78 is 1.70. The first-order valence-electron chi connectivity index (χ1n) is 7.64. The number of quaternary nitrogens is 1. The smallest absolute Gasteiger partial charge is 0.209 e. The maximum atomic E-state index is 3.96. The maximum absolute atomic E-state index is 3.96. The van der Waals surface area contributed by atoms with Crippen LogP contribution in [0.3, 0.4) is 0 Å². The highest BCUT2D eigenvalue weighted by atomic mass is 32.2. The van der Waals surface area contributed by atoms with Crippen LogP contribution in [0.2, 0.25) is 0 Å². The van der Waals surface area contributed by atoms with Gasteiger partial charge in [-0.15, -0.1) is 5.10 Å². The highest BCUT2D eigenvalue weighted by Gasteiger charge is 2.03. The lowest BCUT2D eigenvalue weighted by Crippen LogP contribution is -2.83. The highest BCUT2D eigenvalue weighted by Crippen LogP contribution is 2.18. The lowest BCUT2D eigenvalue weighted by atomic mass is 10.0. The van der Waals surface area contributed by atoms with Crippen LogP contribution >= 0.6 is 11.8 Å². The molecule has 1 aromatic heterocycles. The van der Waals surface area contributed by atoms with E-state index in [9.17, 15) is 0 Å². The zero-order valence-electron chi connectivity index (χ0n) is 13.1. The van der Waals surface area contributed by atoms with Gasteiger partial charge in [-0.05, 0) is 21.6 Å². The van der Waals surface area contributed by atoms with E-state index >= 15 is 0 Å². The second-order valence-corrected chi connectivity index (χ2v) is 6.34. The maximum Gasteiger partial charge on any atom is 0.209 e. The Morgan fingerprint density at radius 1 is 1.00 bits per heavy atom. The number of hydrogen-bond donors (Lipinski definition) is 1. The van der Waals surface area contributed by atoms with Crippen molar-refractivity contribution in [2.75, 3.05) is 12.3 Å². The Kier molecular flexibility index (Phi) is 5.39. The molecule has 23 heavy (non-hydrogen) atoms. The zero-order chi connectivity index (χ0) is 15.9. The van der Waals surface area contributed by atoms with E-state index in [-0.39, 0.29) is 0 Å². The van der Waals surface area contributed by atoms with Crippen LogP contribution in [0.1, 0.15) is 5.56 Å². The quantitative estimate of drug-likeness (QED) is 0.531. The fourth-order valence-electron chi connectivity index (χ4n) is 2.31. The Morgan fingerprint density at radius 3 is 2.43 bits per heavy atom. The van der Waals surface area contributed by atoms with Crippen LogP contribution in [0.5, 0.6) is 0 Å². The number of nitrogens with zero attached hydrogens (tertiary/aromatic N) is 4. The minimum Gasteiger partial charge on any atom is -0.342 e. The van der Waals surface area contributed by atoms with Gasteiger partial charge in [-0.1, -0.05) is 66.4 Å². The van der Waals surface area contributed by atoms with Gasteiger partial charge in [0, 0.05) is 12.6 Å². The lowest BCUT2D eigenvalue weighted by Gasteiger charge is -2.04. The van der Waals surface area contributed by atoms with Crippen molar-refractivity contribution in [2.24, 2.45) is 7.05 Å². The zero-order valence-corrected chi connectivity index (χ0v) is 13.9. The van der Waals surface area contributed by atoms with Gasteiger partial charge in [-0.25, -0.2) is 4.68 Å². The van der Waals surface area contributed by atoms with E-state index in [0.29, 0.717) is 0 Å². The van der Waals surface area contributed by atoms with E-state index in [1.807, 2.05) is 13.1 Å². The Labute approximate surface area is 140 Å². The first-order chi connectivity index (χ1) is 11.3. The molecule has 6 heteroatoms. The molecular weight excluding hydrogens is 306 g/mol. The molecule has 0 saturated carbocycles. The largest absolute Gasteiger partial charge is 0.342 e. The normalized spacial score (nSPS) is 10.8. The monoisotopic (exact) mass is 326 g/mol. The van der Waals surface area contributed by atoms with Gasteiger partial charge < -0.3 is 5.32 Å². The molecule has 0 radical (unpaired) electrons. The van der Waals surface area contributed by atoms with Crippen LogP contribution in [0.25, 0.3) is 11.1 Å². The first kappa shape index (κ1) is 15.7. The summed E-state index contributed by atoms with van der Waals surface area (Å²) in [4.78, 5) is 0. The molecule has 0 aliphatic rings. The molecule has 0 unspecified atom stereocenters. The first-order valence-corrected chi connectivity index (χ1v) is 8.62. The Morgan fingerprint density at radius 2 is 1.74 bits per heavy atom. The third-order valence-electron chi connectivity index (χ3n) is 3.58. The standard InChI is InChI=1S/C17H19N5S/c1-22-17(19-20-21-22)23-12-11-18-13-14-7-9-16(10-8-14)15-5-3-2-4-6-15/h2-10,18H,11-13H2,1H3/p+1. The molecule has 0 spiro atoms. The predicted octanol–water partition coefficient (Wildman–Crippen LogP) is 1.73. The van der Waals surface area contributed by atoms with Crippen molar-refractivity contribution < 1.29 is 5.32 Å². The van der Waals surface area contributed by atoms with Crippen molar-refractivity contribution in [3.8, 4) is 11.1 Å². The average Bonchev–Trinajstić information content (AvgIpc) is 3.01. The number of hydrogen-bond acceptors (Lipinski definition) is 4. The van der Waals surface area contributed by atoms with Gasteiger partial charge >= 0.3 is 0 Å². The molecule has 1 heterocycles. The molecule has 0 atom stereocenters. The second kappa shape index (κ2) is 7.89. The van der Waals surface area contributed by atoms with E-state index in [4.69, 9.17) is 0 Å². The Hall–Kier alpha value is -2.18. The van der Waals surface area contributed by atoms with Crippen LogP contribution in [-0.2, 0) is 13.6 Å². The molecule has 0 aliphatic heterocycles. The molecule has 2 aromatic carbocycles. The summed E-state index contributed by atoms with van der Waals surface area (Å²) in [6, 6.07) is 19.3. The van der Waals surface area contributed by atoms with Gasteiger partial charge in [0.2, 0.25) is 5.16 Å². The van der Waals surface area contributed by atoms with Crippen LogP contribution in [-0.4, -0.2) is 32.5 Å². The number of benzene rings is 2. The van der Waals surface area contributed by atoms with Crippen molar-refractivity contribution in [1.29, 1.82) is 0 Å². The van der Waals surface area contributed by atoms with Crippen molar-refractivity contribution in [1.82, 2.24) is 20.2 Å². The number of rotatable bonds is 7. The lowest BCUT2D eigenvalue weighted by molar-refractivity contribution is -0.666. The molecule has 0 amide bonds. The van der Waals surface area contributed by atoms with E-state index < -0.39 is 0 Å². The molecule has 0 fully saturated rings. The van der Waals surface area contributed by atoms with Crippen LogP contribution in [0.4, 0.5) is 0 Å². The van der Waals surface area contributed by atoms with E-state index in [1.165, 1.54) is 16.7 Å². The molecular formula is C17H20N5S+. The SMILES string of the molecule is Cn1nnnc1SCC[NH2+]Cc1ccc(-c2ccccc2)cc1. The number of aryl methyl sites for hydroxylation is 1. The summed E-state index contributed by atoms with van der Waals surface area (Å²) in [5.41, 5.74) is 3.87. The highest BCUT2D eigenvalue weighted by molar-refractivity contribution is 7.99. The number of nitrogens with two attached hydrogens (primary N) is 1. The predicted molar refractivity (Wildman–Crippen MR) is 91.9 cm³/mol. The van der Waals surface area contributed by atoms with Crippen molar-refractivity contribution in [2.45, 2.75) is 11.7 Å². The molecule has 118 valence electrons. The van der Waals surface area contributed by atoms with Crippen molar-refractivity contribution >= 4 is 11.8 Å². The van der Waals surface area contributed by atoms with Crippen LogP contribution < -0.4 is 5.32 Å². The van der Waals surface area contributed by atoms with E-state index in [1.54, 1.807) is 16.4 Å². The molecule has 3 rings (SSSR count). The fraction of sp³-hybridized carbons (Fsp3) is 0.235. The molecule has 0 bridgehead atoms. The molecule has 3 aromatic rings. The second-order valence-electron chi connectivity index (χ2n) is 5.28. The number of aromatic nitrogens is 4. The van der Waals surface area contributed by atoms with Gasteiger partial charge in [-0.3, -0.25) is 0 Å². The number of thioether (sulfide) groups is 1. The number of tetrazole rings is 1. The molecule has 2 N–H and O–H groups in total. The van der Waals surface area contributed by atoms with Crippen molar-refractivity contribution in [3.63, 3.8) is 0 Å². The minimum atomic E-state index is 0.866. The minimum absolute atomic E-state index is 0.866. The molecule has 0 saturated heterocycles. The van der Waals surface area contributed by atoms with Crippen molar-refractivity contribution in [3.05, 3.63) is 60.2 Å². The molecule has 0 aliphatic carbocycles. The van der Waals surface area contributed by atoms with Crippen LogP contribution in [0, 0.1) is 0 Å². The Bertz CT molecular complexity index is 724. The molecule has 5 nitrogen and oxygen atoms in total. The summed E-state index contributed by atoms with van der Waals surface area (Å²) in [7, 11) is 1.86. The van der Waals surface area contributed by atoms with Gasteiger partial charge in [0.15, 0.2) is 0 Å². The van der Waals surface area contributed by atoms with Gasteiger partial charge in [-0.2, -0.15) is 0 Å². The average molecular weight is 326 g/mol. The van der Waals surface area contributed by atoms with E-state index in [2.05, 4.69) is 69.4 Å². The summed E-state index contributed by atoms with van der Waals surface area (Å²) >= 11 is 1.68. The Balaban J connectivity index is 1.43. The van der Waals surface area contributed by atoms with Gasteiger partial charge in [0.05, 0.1) is 12.3 Å². The summed E-state index contributed by atoms with van der Waals surface area (Å²) in [6.45, 7) is 2.03. The fourth-order valence-corrected chi connectivity index (χ4v) is 3.09.